The Kier molecular flexibility index (Phi) is 6.64. The number of benzene rings is 1. The average Bonchev–Trinajstić information content (AvgIpc) is 2.41. The van der Waals surface area contributed by atoms with Crippen LogP contribution in [0.5, 0.6) is 5.75 Å². The van der Waals surface area contributed by atoms with Gasteiger partial charge < -0.3 is 9.16 Å². The van der Waals surface area contributed by atoms with Crippen molar-refractivity contribution in [1.82, 2.24) is 0 Å². The summed E-state index contributed by atoms with van der Waals surface area (Å²) < 4.78 is 25.1. The zero-order chi connectivity index (χ0) is 16.8. The number of hydrogen-bond acceptors (Lipinski definition) is 2. The molecule has 0 N–H and O–H groups in total. The van der Waals surface area contributed by atoms with Crippen LogP contribution in [0.4, 0.5) is 4.39 Å². The predicted molar refractivity (Wildman–Crippen MR) is 92.2 cm³/mol. The van der Waals surface area contributed by atoms with Crippen molar-refractivity contribution in [2.75, 3.05) is 13.2 Å². The van der Waals surface area contributed by atoms with Crippen molar-refractivity contribution < 1.29 is 13.6 Å². The van der Waals surface area contributed by atoms with Gasteiger partial charge in [0.2, 0.25) is 0 Å². The molecule has 1 aromatic carbocycles. The molecule has 0 saturated carbocycles. The van der Waals surface area contributed by atoms with Crippen molar-refractivity contribution in [2.45, 2.75) is 52.2 Å². The van der Waals surface area contributed by atoms with Gasteiger partial charge in [-0.1, -0.05) is 39.5 Å². The first kappa shape index (κ1) is 18.7. The molecule has 0 unspecified atom stereocenters. The van der Waals surface area contributed by atoms with Crippen LogP contribution in [-0.2, 0) is 4.43 Å². The van der Waals surface area contributed by atoms with E-state index in [0.717, 1.165) is 12.0 Å². The molecule has 22 heavy (non-hydrogen) atoms. The molecule has 1 aromatic rings. The molecule has 0 spiro atoms. The minimum absolute atomic E-state index is 0.170. The number of hydrogen-bond donors (Lipinski definition) is 0. The molecule has 4 heteroatoms. The molecule has 122 valence electrons. The lowest BCUT2D eigenvalue weighted by Gasteiger charge is -2.36. The van der Waals surface area contributed by atoms with Gasteiger partial charge in [-0.3, -0.25) is 0 Å². The van der Waals surface area contributed by atoms with Crippen LogP contribution in [0.15, 0.2) is 18.2 Å². The second kappa shape index (κ2) is 7.80. The summed E-state index contributed by atoms with van der Waals surface area (Å²) in [6.07, 6.45) is 0.755. The SMILES string of the molecule is CCC#Cc1ccc(F)cc1OCCO[Si](C)(C)C(C)(C)C. The standard InChI is InChI=1S/C18H27FO2Si/c1-7-8-9-15-10-11-16(19)14-17(15)20-12-13-21-22(5,6)18(2,3)4/h10-11,14H,7,12-13H2,1-6H3. The number of ether oxygens (including phenoxy) is 1. The van der Waals surface area contributed by atoms with Gasteiger partial charge in [-0.2, -0.15) is 0 Å². The molecule has 0 aromatic heterocycles. The molecule has 0 amide bonds. The predicted octanol–water partition coefficient (Wildman–Crippen LogP) is 4.99. The largest absolute Gasteiger partial charge is 0.490 e. The molecule has 0 atom stereocenters. The van der Waals surface area contributed by atoms with Gasteiger partial charge in [-0.15, -0.1) is 0 Å². The fourth-order valence-electron chi connectivity index (χ4n) is 1.57. The molecule has 0 aliphatic rings. The first-order valence-electron chi connectivity index (χ1n) is 7.72. The summed E-state index contributed by atoms with van der Waals surface area (Å²) in [5, 5.41) is 0.170. The lowest BCUT2D eigenvalue weighted by atomic mass is 10.2. The highest BCUT2D eigenvalue weighted by molar-refractivity contribution is 6.74. The van der Waals surface area contributed by atoms with E-state index in [1.807, 2.05) is 6.92 Å². The van der Waals surface area contributed by atoms with Gasteiger partial charge in [0.15, 0.2) is 8.32 Å². The van der Waals surface area contributed by atoms with Crippen LogP contribution < -0.4 is 4.74 Å². The van der Waals surface area contributed by atoms with Gasteiger partial charge in [0.05, 0.1) is 12.2 Å². The van der Waals surface area contributed by atoms with Crippen LogP contribution in [0.25, 0.3) is 0 Å². The van der Waals surface area contributed by atoms with Crippen LogP contribution in [0.1, 0.15) is 39.7 Å². The lowest BCUT2D eigenvalue weighted by Crippen LogP contribution is -2.41. The van der Waals surface area contributed by atoms with E-state index in [0.29, 0.717) is 19.0 Å². The maximum Gasteiger partial charge on any atom is 0.192 e. The Morgan fingerprint density at radius 2 is 1.86 bits per heavy atom. The summed E-state index contributed by atoms with van der Waals surface area (Å²) in [6.45, 7) is 13.9. The molecule has 0 fully saturated rings. The normalized spacial score (nSPS) is 11.8. The van der Waals surface area contributed by atoms with Gasteiger partial charge in [0.1, 0.15) is 18.2 Å². The minimum Gasteiger partial charge on any atom is -0.490 e. The van der Waals surface area contributed by atoms with E-state index < -0.39 is 8.32 Å². The highest BCUT2D eigenvalue weighted by Crippen LogP contribution is 2.36. The molecule has 2 nitrogen and oxygen atoms in total. The average molecular weight is 322 g/mol. The molecule has 0 aliphatic carbocycles. The number of halogens is 1. The summed E-state index contributed by atoms with van der Waals surface area (Å²) in [7, 11) is -1.77. The Bertz CT molecular complexity index is 550. The van der Waals surface area contributed by atoms with Crippen LogP contribution in [0.3, 0.4) is 0 Å². The summed E-state index contributed by atoms with van der Waals surface area (Å²) in [5.74, 6) is 6.15. The molecular weight excluding hydrogens is 295 g/mol. The van der Waals surface area contributed by atoms with Gasteiger partial charge in [0.25, 0.3) is 0 Å². The zero-order valence-corrected chi connectivity index (χ0v) is 15.5. The monoisotopic (exact) mass is 322 g/mol. The third kappa shape index (κ3) is 5.47. The molecule has 0 aliphatic heterocycles. The van der Waals surface area contributed by atoms with Crippen molar-refractivity contribution in [1.29, 1.82) is 0 Å². The van der Waals surface area contributed by atoms with Crippen LogP contribution >= 0.6 is 0 Å². The highest BCUT2D eigenvalue weighted by atomic mass is 28.4. The fourth-order valence-corrected chi connectivity index (χ4v) is 2.59. The summed E-state index contributed by atoms with van der Waals surface area (Å²) in [4.78, 5) is 0. The third-order valence-corrected chi connectivity index (χ3v) is 8.49. The second-order valence-corrected chi connectivity index (χ2v) is 11.6. The van der Waals surface area contributed by atoms with Crippen molar-refractivity contribution in [3.8, 4) is 17.6 Å². The van der Waals surface area contributed by atoms with Gasteiger partial charge >= 0.3 is 0 Å². The van der Waals surface area contributed by atoms with Crippen molar-refractivity contribution >= 4 is 8.32 Å². The van der Waals surface area contributed by atoms with E-state index in [4.69, 9.17) is 9.16 Å². The Labute approximate surface area is 135 Å². The quantitative estimate of drug-likeness (QED) is 0.432. The van der Waals surface area contributed by atoms with Crippen LogP contribution in [0.2, 0.25) is 18.1 Å². The Hall–Kier alpha value is -1.31. The molecule has 0 saturated heterocycles. The van der Waals surface area contributed by atoms with Gasteiger partial charge in [0, 0.05) is 12.5 Å². The number of rotatable bonds is 5. The van der Waals surface area contributed by atoms with E-state index in [2.05, 4.69) is 45.7 Å². The van der Waals surface area contributed by atoms with E-state index in [1.165, 1.54) is 12.1 Å². The Balaban J connectivity index is 2.64. The van der Waals surface area contributed by atoms with E-state index in [1.54, 1.807) is 6.07 Å². The lowest BCUT2D eigenvalue weighted by molar-refractivity contribution is 0.203. The first-order valence-corrected chi connectivity index (χ1v) is 10.6. The van der Waals surface area contributed by atoms with Gasteiger partial charge in [-0.05, 0) is 30.3 Å². The molecule has 0 bridgehead atoms. The van der Waals surface area contributed by atoms with E-state index in [-0.39, 0.29) is 10.9 Å². The van der Waals surface area contributed by atoms with Crippen LogP contribution in [-0.4, -0.2) is 21.5 Å². The van der Waals surface area contributed by atoms with Crippen LogP contribution in [0, 0.1) is 17.7 Å². The Morgan fingerprint density at radius 3 is 2.45 bits per heavy atom. The maximum atomic E-state index is 13.4. The van der Waals surface area contributed by atoms with Gasteiger partial charge in [-0.25, -0.2) is 4.39 Å². The Morgan fingerprint density at radius 1 is 1.18 bits per heavy atom. The minimum atomic E-state index is -1.77. The molecule has 1 rings (SSSR count). The summed E-state index contributed by atoms with van der Waals surface area (Å²) in [5.41, 5.74) is 0.718. The molecule has 0 heterocycles. The highest BCUT2D eigenvalue weighted by Gasteiger charge is 2.36. The topological polar surface area (TPSA) is 18.5 Å². The molecule has 0 radical (unpaired) electrons. The first-order chi connectivity index (χ1) is 10.2. The smallest absolute Gasteiger partial charge is 0.192 e. The summed E-state index contributed by atoms with van der Waals surface area (Å²) >= 11 is 0. The second-order valence-electron chi connectivity index (χ2n) is 6.75. The molecular formula is C18H27FO2Si. The van der Waals surface area contributed by atoms with Crippen molar-refractivity contribution in [2.24, 2.45) is 0 Å². The van der Waals surface area contributed by atoms with Crippen molar-refractivity contribution in [3.05, 3.63) is 29.6 Å². The van der Waals surface area contributed by atoms with E-state index >= 15 is 0 Å². The third-order valence-electron chi connectivity index (χ3n) is 3.95. The zero-order valence-electron chi connectivity index (χ0n) is 14.5. The summed E-state index contributed by atoms with van der Waals surface area (Å²) in [6, 6.07) is 4.44. The fraction of sp³-hybridized carbons (Fsp3) is 0.556. The van der Waals surface area contributed by atoms with E-state index in [9.17, 15) is 4.39 Å². The van der Waals surface area contributed by atoms with Crippen molar-refractivity contribution in [3.63, 3.8) is 0 Å². The maximum absolute atomic E-state index is 13.4.